The Labute approximate surface area is 153 Å². The minimum Gasteiger partial charge on any atom is -0.494 e. The summed E-state index contributed by atoms with van der Waals surface area (Å²) in [6.07, 6.45) is 2.41. The van der Waals surface area contributed by atoms with Crippen molar-refractivity contribution >= 4 is 11.8 Å². The zero-order chi connectivity index (χ0) is 18.5. The maximum absolute atomic E-state index is 13.1. The maximum Gasteiger partial charge on any atom is 0.254 e. The molecule has 0 unspecified atom stereocenters. The Morgan fingerprint density at radius 3 is 2.85 bits per heavy atom. The van der Waals surface area contributed by atoms with Crippen LogP contribution in [-0.4, -0.2) is 41.5 Å². The molecule has 1 aliphatic rings. The van der Waals surface area contributed by atoms with Crippen LogP contribution in [0.1, 0.15) is 29.4 Å². The summed E-state index contributed by atoms with van der Waals surface area (Å²) in [5.41, 5.74) is 1.69. The molecule has 2 aromatic rings. The van der Waals surface area contributed by atoms with E-state index >= 15 is 0 Å². The Morgan fingerprint density at radius 1 is 1.23 bits per heavy atom. The normalized spacial score (nSPS) is 16.5. The molecule has 0 saturated heterocycles. The molecule has 26 heavy (non-hydrogen) atoms. The summed E-state index contributed by atoms with van der Waals surface area (Å²) in [4.78, 5) is 26.8. The third-order valence-corrected chi connectivity index (χ3v) is 4.64. The highest BCUT2D eigenvalue weighted by atomic mass is 16.5. The van der Waals surface area contributed by atoms with Gasteiger partial charge in [-0.2, -0.15) is 0 Å². The van der Waals surface area contributed by atoms with Crippen LogP contribution >= 0.6 is 0 Å². The van der Waals surface area contributed by atoms with Crippen LogP contribution in [0.25, 0.3) is 0 Å². The van der Waals surface area contributed by atoms with Crippen LogP contribution in [-0.2, 0) is 17.9 Å². The first-order valence-electron chi connectivity index (χ1n) is 8.97. The third kappa shape index (κ3) is 4.07. The summed E-state index contributed by atoms with van der Waals surface area (Å²) in [5, 5.41) is 2.68. The Kier molecular flexibility index (Phi) is 5.61. The lowest BCUT2D eigenvalue weighted by atomic mass is 10.0. The highest BCUT2D eigenvalue weighted by Crippen LogP contribution is 2.22. The molecule has 3 rings (SSSR count). The number of ether oxygens (including phenoxy) is 1. The van der Waals surface area contributed by atoms with E-state index in [1.165, 1.54) is 0 Å². The molecule has 0 aliphatic carbocycles. The number of fused-ring (bicyclic) bond motifs is 1. The van der Waals surface area contributed by atoms with Gasteiger partial charge in [0.2, 0.25) is 5.91 Å². The number of benzene rings is 1. The molecular weight excluding hydrogens is 330 g/mol. The average molecular weight is 355 g/mol. The van der Waals surface area contributed by atoms with Gasteiger partial charge in [-0.25, -0.2) is 0 Å². The molecule has 1 aliphatic heterocycles. The number of nitrogens with zero attached hydrogens (tertiary/aromatic N) is 2. The number of rotatable bonds is 5. The highest BCUT2D eigenvalue weighted by Gasteiger charge is 2.27. The first kappa shape index (κ1) is 18.0. The van der Waals surface area contributed by atoms with E-state index in [1.807, 2.05) is 48.4 Å². The quantitative estimate of drug-likeness (QED) is 0.895. The predicted octanol–water partition coefficient (Wildman–Crippen LogP) is 2.30. The van der Waals surface area contributed by atoms with Gasteiger partial charge < -0.3 is 19.5 Å². The molecule has 0 spiro atoms. The molecule has 1 N–H and O–H groups in total. The number of carbonyl (C=O) groups is 2. The molecule has 0 radical (unpaired) electrons. The van der Waals surface area contributed by atoms with Crippen molar-refractivity contribution in [3.8, 4) is 5.75 Å². The van der Waals surface area contributed by atoms with Crippen molar-refractivity contribution in [1.82, 2.24) is 14.8 Å². The summed E-state index contributed by atoms with van der Waals surface area (Å²) in [6, 6.07) is 11.3. The van der Waals surface area contributed by atoms with E-state index in [9.17, 15) is 9.59 Å². The SMILES string of the molecule is CCOc1cccc(C(=O)N2Cc3cccn3C[C@H](CC(=O)NC)C2)c1. The van der Waals surface area contributed by atoms with Crippen molar-refractivity contribution in [3.05, 3.63) is 53.9 Å². The molecule has 0 saturated carbocycles. The van der Waals surface area contributed by atoms with E-state index in [1.54, 1.807) is 13.1 Å². The van der Waals surface area contributed by atoms with Crippen molar-refractivity contribution in [1.29, 1.82) is 0 Å². The number of amides is 2. The van der Waals surface area contributed by atoms with E-state index in [4.69, 9.17) is 4.74 Å². The fourth-order valence-corrected chi connectivity index (χ4v) is 3.40. The fourth-order valence-electron chi connectivity index (χ4n) is 3.40. The first-order chi connectivity index (χ1) is 12.6. The molecule has 6 heteroatoms. The fraction of sp³-hybridized carbons (Fsp3) is 0.400. The van der Waals surface area contributed by atoms with Gasteiger partial charge in [-0.1, -0.05) is 6.07 Å². The largest absolute Gasteiger partial charge is 0.494 e. The van der Waals surface area contributed by atoms with Crippen LogP contribution in [0.2, 0.25) is 0 Å². The molecule has 138 valence electrons. The van der Waals surface area contributed by atoms with Crippen molar-refractivity contribution in [2.45, 2.75) is 26.4 Å². The van der Waals surface area contributed by atoms with Gasteiger partial charge in [0.05, 0.1) is 13.2 Å². The lowest BCUT2D eigenvalue weighted by molar-refractivity contribution is -0.121. The lowest BCUT2D eigenvalue weighted by Gasteiger charge is -2.24. The topological polar surface area (TPSA) is 63.6 Å². The lowest BCUT2D eigenvalue weighted by Crippen LogP contribution is -2.35. The summed E-state index contributed by atoms with van der Waals surface area (Å²) in [5.74, 6) is 0.723. The van der Waals surface area contributed by atoms with Crippen LogP contribution in [0.4, 0.5) is 0 Å². The first-order valence-corrected chi connectivity index (χ1v) is 8.97. The second-order valence-electron chi connectivity index (χ2n) is 6.54. The summed E-state index contributed by atoms with van der Waals surface area (Å²) in [7, 11) is 1.64. The third-order valence-electron chi connectivity index (χ3n) is 4.64. The Morgan fingerprint density at radius 2 is 2.08 bits per heavy atom. The van der Waals surface area contributed by atoms with Gasteiger partial charge in [0, 0.05) is 49.9 Å². The Hall–Kier alpha value is -2.76. The molecule has 6 nitrogen and oxygen atoms in total. The standard InChI is InChI=1S/C20H25N3O3/c1-3-26-18-8-4-6-16(11-18)20(25)23-13-15(10-19(24)21-2)12-22-9-5-7-17(22)14-23/h4-9,11,15H,3,10,12-14H2,1-2H3,(H,21,24)/t15-/m0/s1. The van der Waals surface area contributed by atoms with Crippen LogP contribution in [0, 0.1) is 5.92 Å². The van der Waals surface area contributed by atoms with Gasteiger partial charge in [0.1, 0.15) is 5.75 Å². The number of hydrogen-bond acceptors (Lipinski definition) is 3. The molecule has 2 amide bonds. The number of nitrogens with one attached hydrogen (secondary N) is 1. The van der Waals surface area contributed by atoms with E-state index in [0.29, 0.717) is 37.4 Å². The molecule has 0 fully saturated rings. The van der Waals surface area contributed by atoms with E-state index in [2.05, 4.69) is 9.88 Å². The van der Waals surface area contributed by atoms with E-state index in [-0.39, 0.29) is 17.7 Å². The minimum absolute atomic E-state index is 0.00338. The van der Waals surface area contributed by atoms with Crippen molar-refractivity contribution in [3.63, 3.8) is 0 Å². The van der Waals surface area contributed by atoms with Gasteiger partial charge in [0.15, 0.2) is 0 Å². The Balaban J connectivity index is 1.84. The van der Waals surface area contributed by atoms with Crippen molar-refractivity contribution in [2.75, 3.05) is 20.2 Å². The van der Waals surface area contributed by atoms with Crippen LogP contribution in [0.15, 0.2) is 42.6 Å². The molecule has 0 bridgehead atoms. The molecule has 1 aromatic heterocycles. The second kappa shape index (κ2) is 8.08. The van der Waals surface area contributed by atoms with E-state index in [0.717, 1.165) is 12.2 Å². The van der Waals surface area contributed by atoms with Crippen molar-refractivity contribution < 1.29 is 14.3 Å². The smallest absolute Gasteiger partial charge is 0.254 e. The molecular formula is C20H25N3O3. The minimum atomic E-state index is -0.0388. The van der Waals surface area contributed by atoms with Gasteiger partial charge >= 0.3 is 0 Å². The summed E-state index contributed by atoms with van der Waals surface area (Å²) in [6.45, 7) is 4.30. The zero-order valence-corrected chi connectivity index (χ0v) is 15.3. The molecule has 1 atom stereocenters. The molecule has 1 aromatic carbocycles. The van der Waals surface area contributed by atoms with Crippen molar-refractivity contribution in [2.24, 2.45) is 5.92 Å². The molecule has 2 heterocycles. The average Bonchev–Trinajstić information content (AvgIpc) is 3.00. The number of carbonyl (C=O) groups excluding carboxylic acids is 2. The predicted molar refractivity (Wildman–Crippen MR) is 99.0 cm³/mol. The number of hydrogen-bond donors (Lipinski definition) is 1. The number of aromatic nitrogens is 1. The van der Waals surface area contributed by atoms with Gasteiger partial charge in [-0.15, -0.1) is 0 Å². The Bertz CT molecular complexity index is 784. The van der Waals surface area contributed by atoms with Crippen LogP contribution in [0.5, 0.6) is 5.75 Å². The van der Waals surface area contributed by atoms with E-state index < -0.39 is 0 Å². The summed E-state index contributed by atoms with van der Waals surface area (Å²) >= 11 is 0. The summed E-state index contributed by atoms with van der Waals surface area (Å²) < 4.78 is 7.65. The van der Waals surface area contributed by atoms with Gasteiger partial charge in [-0.05, 0) is 37.3 Å². The zero-order valence-electron chi connectivity index (χ0n) is 15.3. The maximum atomic E-state index is 13.1. The second-order valence-corrected chi connectivity index (χ2v) is 6.54. The van der Waals surface area contributed by atoms with Gasteiger partial charge in [-0.3, -0.25) is 9.59 Å². The monoisotopic (exact) mass is 355 g/mol. The van der Waals surface area contributed by atoms with Crippen LogP contribution < -0.4 is 10.1 Å². The van der Waals surface area contributed by atoms with Crippen LogP contribution in [0.3, 0.4) is 0 Å². The highest BCUT2D eigenvalue weighted by molar-refractivity contribution is 5.94. The van der Waals surface area contributed by atoms with Gasteiger partial charge in [0.25, 0.3) is 5.91 Å².